The van der Waals surface area contributed by atoms with Gasteiger partial charge in [-0.25, -0.2) is 14.4 Å². The highest BCUT2D eigenvalue weighted by atomic mass is 19.1. The Morgan fingerprint density at radius 2 is 1.90 bits per heavy atom. The molecule has 1 aromatic heterocycles. The van der Waals surface area contributed by atoms with Gasteiger partial charge in [-0.15, -0.1) is 0 Å². The van der Waals surface area contributed by atoms with E-state index in [1.165, 1.54) is 30.6 Å². The lowest BCUT2D eigenvalue weighted by Gasteiger charge is -2.40. The number of aryl methyl sites for hydroxylation is 1. The summed E-state index contributed by atoms with van der Waals surface area (Å²) in [7, 11) is 0. The minimum Gasteiger partial charge on any atom is -0.439 e. The second kappa shape index (κ2) is 8.49. The normalized spacial score (nSPS) is 16.4. The summed E-state index contributed by atoms with van der Waals surface area (Å²) in [6.45, 7) is 5.83. The first kappa shape index (κ1) is 19.8. The van der Waals surface area contributed by atoms with Crippen LogP contribution in [0.15, 0.2) is 60.9 Å². The summed E-state index contributed by atoms with van der Waals surface area (Å²) in [6, 6.07) is 15.2. The third kappa shape index (κ3) is 4.40. The van der Waals surface area contributed by atoms with Crippen molar-refractivity contribution in [1.29, 1.82) is 0 Å². The molecule has 2 aromatic carbocycles. The van der Waals surface area contributed by atoms with Gasteiger partial charge >= 0.3 is 0 Å². The summed E-state index contributed by atoms with van der Waals surface area (Å²) < 4.78 is 19.0. The largest absolute Gasteiger partial charge is 0.439 e. The molecule has 0 bridgehead atoms. The molecule has 0 radical (unpaired) electrons. The van der Waals surface area contributed by atoms with E-state index in [0.717, 1.165) is 17.1 Å². The second-order valence-electron chi connectivity index (χ2n) is 7.43. The van der Waals surface area contributed by atoms with E-state index in [4.69, 9.17) is 4.74 Å². The zero-order valence-electron chi connectivity index (χ0n) is 17.0. The summed E-state index contributed by atoms with van der Waals surface area (Å²) in [5.74, 6) is 1.52. The highest BCUT2D eigenvalue weighted by Crippen LogP contribution is 2.25. The number of benzene rings is 2. The number of anilines is 1. The topological polar surface area (TPSA) is 58.6 Å². The third-order valence-electron chi connectivity index (χ3n) is 5.14. The van der Waals surface area contributed by atoms with Crippen LogP contribution in [-0.4, -0.2) is 46.5 Å². The molecule has 1 aliphatic rings. The quantitative estimate of drug-likeness (QED) is 0.654. The molecule has 1 fully saturated rings. The van der Waals surface area contributed by atoms with Crippen molar-refractivity contribution in [3.05, 3.63) is 77.9 Å². The van der Waals surface area contributed by atoms with Crippen molar-refractivity contribution in [2.75, 3.05) is 24.5 Å². The molecule has 30 heavy (non-hydrogen) atoms. The summed E-state index contributed by atoms with van der Waals surface area (Å²) in [5, 5.41) is 0. The number of rotatable bonds is 4. The first-order valence-corrected chi connectivity index (χ1v) is 9.87. The number of aromatic nitrogens is 2. The molecule has 0 unspecified atom stereocenters. The fourth-order valence-corrected chi connectivity index (χ4v) is 3.58. The molecular formula is C23H23FN4O2. The predicted octanol–water partition coefficient (Wildman–Crippen LogP) is 4.07. The van der Waals surface area contributed by atoms with E-state index in [1.54, 1.807) is 0 Å². The molecule has 1 atom stereocenters. The van der Waals surface area contributed by atoms with Crippen LogP contribution < -0.4 is 9.64 Å². The Balaban J connectivity index is 1.44. The van der Waals surface area contributed by atoms with Gasteiger partial charge in [0, 0.05) is 37.3 Å². The van der Waals surface area contributed by atoms with Crippen LogP contribution in [0.5, 0.6) is 11.6 Å². The average molecular weight is 406 g/mol. The zero-order valence-corrected chi connectivity index (χ0v) is 17.0. The molecule has 0 aliphatic carbocycles. The zero-order chi connectivity index (χ0) is 21.1. The fraction of sp³-hybridized carbons (Fsp3) is 0.261. The molecule has 0 N–H and O–H groups in total. The molecular weight excluding hydrogens is 383 g/mol. The predicted molar refractivity (Wildman–Crippen MR) is 112 cm³/mol. The summed E-state index contributed by atoms with van der Waals surface area (Å²) >= 11 is 0. The van der Waals surface area contributed by atoms with E-state index in [2.05, 4.69) is 14.9 Å². The number of nitrogens with zero attached hydrogens (tertiary/aromatic N) is 4. The maximum Gasteiger partial charge on any atom is 0.254 e. The van der Waals surface area contributed by atoms with Gasteiger partial charge in [-0.05, 0) is 55.8 Å². The monoisotopic (exact) mass is 406 g/mol. The summed E-state index contributed by atoms with van der Waals surface area (Å²) in [5.41, 5.74) is 1.60. The number of piperazine rings is 1. The lowest BCUT2D eigenvalue weighted by Crippen LogP contribution is -2.54. The molecule has 7 heteroatoms. The van der Waals surface area contributed by atoms with E-state index in [0.29, 0.717) is 31.1 Å². The Morgan fingerprint density at radius 3 is 2.63 bits per heavy atom. The van der Waals surface area contributed by atoms with E-state index < -0.39 is 0 Å². The van der Waals surface area contributed by atoms with Crippen molar-refractivity contribution >= 4 is 11.7 Å². The van der Waals surface area contributed by atoms with Crippen molar-refractivity contribution in [2.45, 2.75) is 19.9 Å². The van der Waals surface area contributed by atoms with Crippen LogP contribution in [0.1, 0.15) is 22.8 Å². The maximum absolute atomic E-state index is 13.1. The van der Waals surface area contributed by atoms with Gasteiger partial charge in [0.05, 0.1) is 0 Å². The number of carbonyl (C=O) groups excluding carboxylic acids is 1. The average Bonchev–Trinajstić information content (AvgIpc) is 2.74. The lowest BCUT2D eigenvalue weighted by atomic mass is 10.1. The number of carbonyl (C=O) groups is 1. The smallest absolute Gasteiger partial charge is 0.254 e. The Morgan fingerprint density at radius 1 is 1.10 bits per heavy atom. The molecule has 3 aromatic rings. The highest BCUT2D eigenvalue weighted by molar-refractivity contribution is 5.94. The van der Waals surface area contributed by atoms with Crippen molar-refractivity contribution in [2.24, 2.45) is 0 Å². The van der Waals surface area contributed by atoms with Crippen molar-refractivity contribution in [3.8, 4) is 11.6 Å². The van der Waals surface area contributed by atoms with Crippen LogP contribution in [-0.2, 0) is 0 Å². The molecule has 0 saturated carbocycles. The van der Waals surface area contributed by atoms with Gasteiger partial charge in [0.25, 0.3) is 5.91 Å². The fourth-order valence-electron chi connectivity index (χ4n) is 3.58. The number of hydrogen-bond acceptors (Lipinski definition) is 5. The minimum atomic E-state index is -0.350. The summed E-state index contributed by atoms with van der Waals surface area (Å²) in [4.78, 5) is 25.3. The molecule has 4 rings (SSSR count). The van der Waals surface area contributed by atoms with Crippen LogP contribution in [0, 0.1) is 12.7 Å². The number of halogens is 1. The van der Waals surface area contributed by atoms with Crippen molar-refractivity contribution in [1.82, 2.24) is 14.9 Å². The van der Waals surface area contributed by atoms with E-state index in [-0.39, 0.29) is 17.8 Å². The number of hydrogen-bond donors (Lipinski definition) is 0. The molecule has 6 nitrogen and oxygen atoms in total. The molecule has 0 spiro atoms. The summed E-state index contributed by atoms with van der Waals surface area (Å²) in [6.07, 6.45) is 1.49. The highest BCUT2D eigenvalue weighted by Gasteiger charge is 2.29. The van der Waals surface area contributed by atoms with Crippen LogP contribution >= 0.6 is 0 Å². The number of amides is 1. The van der Waals surface area contributed by atoms with Gasteiger partial charge < -0.3 is 14.5 Å². The molecule has 1 saturated heterocycles. The Labute approximate surface area is 174 Å². The van der Waals surface area contributed by atoms with Gasteiger partial charge in [0.15, 0.2) is 0 Å². The molecule has 1 amide bonds. The van der Waals surface area contributed by atoms with E-state index >= 15 is 0 Å². The van der Waals surface area contributed by atoms with Crippen LogP contribution in [0.25, 0.3) is 0 Å². The number of ether oxygens (including phenoxy) is 1. The van der Waals surface area contributed by atoms with Crippen LogP contribution in [0.2, 0.25) is 0 Å². The van der Waals surface area contributed by atoms with Gasteiger partial charge in [-0.3, -0.25) is 4.79 Å². The van der Waals surface area contributed by atoms with Crippen LogP contribution in [0.3, 0.4) is 0 Å². The van der Waals surface area contributed by atoms with Crippen molar-refractivity contribution < 1.29 is 13.9 Å². The molecule has 1 aliphatic heterocycles. The standard InChI is InChI=1S/C23H23FN4O2/c1-16-4-3-5-20(12-16)30-22-13-21(25-15-26-22)27-10-11-28(17(2)14-27)23(29)18-6-8-19(24)9-7-18/h3-9,12-13,15,17H,10-11,14H2,1-2H3/t17-/m0/s1. The van der Waals surface area contributed by atoms with E-state index in [9.17, 15) is 9.18 Å². The first-order chi connectivity index (χ1) is 14.5. The molecule has 2 heterocycles. The minimum absolute atomic E-state index is 0.0209. The third-order valence-corrected chi connectivity index (χ3v) is 5.14. The Bertz CT molecular complexity index is 1040. The second-order valence-corrected chi connectivity index (χ2v) is 7.43. The molecule has 154 valence electrons. The first-order valence-electron chi connectivity index (χ1n) is 9.87. The Kier molecular flexibility index (Phi) is 5.61. The van der Waals surface area contributed by atoms with Crippen LogP contribution in [0.4, 0.5) is 10.2 Å². The SMILES string of the molecule is Cc1cccc(Oc2cc(N3CCN(C(=O)c4ccc(F)cc4)[C@@H](C)C3)ncn2)c1. The van der Waals surface area contributed by atoms with Gasteiger partial charge in [0.1, 0.15) is 23.7 Å². The van der Waals surface area contributed by atoms with Crippen molar-refractivity contribution in [3.63, 3.8) is 0 Å². The van der Waals surface area contributed by atoms with Gasteiger partial charge in [-0.2, -0.15) is 0 Å². The van der Waals surface area contributed by atoms with E-state index in [1.807, 2.05) is 49.1 Å². The van der Waals surface area contributed by atoms with Gasteiger partial charge in [-0.1, -0.05) is 12.1 Å². The lowest BCUT2D eigenvalue weighted by molar-refractivity contribution is 0.0673. The Hall–Kier alpha value is -3.48. The van der Waals surface area contributed by atoms with Gasteiger partial charge in [0.2, 0.25) is 5.88 Å². The maximum atomic E-state index is 13.1.